The van der Waals surface area contributed by atoms with Crippen LogP contribution in [0.25, 0.3) is 0 Å². The Morgan fingerprint density at radius 3 is 2.23 bits per heavy atom. The lowest BCUT2D eigenvalue weighted by Crippen LogP contribution is -2.52. The van der Waals surface area contributed by atoms with Gasteiger partial charge in [-0.15, -0.1) is 11.8 Å². The average Bonchev–Trinajstić information content (AvgIpc) is 2.73. The van der Waals surface area contributed by atoms with E-state index in [1.54, 1.807) is 11.8 Å². The number of piperazine rings is 1. The molecule has 2 aromatic carbocycles. The zero-order valence-electron chi connectivity index (χ0n) is 16.2. The molecule has 1 atom stereocenters. The van der Waals surface area contributed by atoms with Gasteiger partial charge < -0.3 is 4.90 Å². The van der Waals surface area contributed by atoms with Crippen molar-refractivity contribution in [1.29, 1.82) is 0 Å². The van der Waals surface area contributed by atoms with Crippen molar-refractivity contribution in [3.63, 3.8) is 0 Å². The Morgan fingerprint density at radius 1 is 1.00 bits per heavy atom. The zero-order chi connectivity index (χ0) is 21.9. The SMILES string of the molecule is CC(Sc1ccccc1)C(=O)N1CCN(S(=O)(=O)c2cccc(C(F)(F)F)c2)CC1. The summed E-state index contributed by atoms with van der Waals surface area (Å²) in [6, 6.07) is 13.2. The van der Waals surface area contributed by atoms with Crippen LogP contribution in [-0.4, -0.2) is 55.0 Å². The Kier molecular flexibility index (Phi) is 6.78. The van der Waals surface area contributed by atoms with E-state index in [9.17, 15) is 26.4 Å². The molecule has 0 saturated carbocycles. The Balaban J connectivity index is 1.64. The molecule has 0 radical (unpaired) electrons. The van der Waals surface area contributed by atoms with Crippen molar-refractivity contribution in [3.8, 4) is 0 Å². The number of thioether (sulfide) groups is 1. The number of carbonyl (C=O) groups is 1. The molecule has 30 heavy (non-hydrogen) atoms. The van der Waals surface area contributed by atoms with Gasteiger partial charge in [-0.3, -0.25) is 4.79 Å². The van der Waals surface area contributed by atoms with Crippen molar-refractivity contribution < 1.29 is 26.4 Å². The van der Waals surface area contributed by atoms with Crippen molar-refractivity contribution in [2.75, 3.05) is 26.2 Å². The third kappa shape index (κ3) is 5.16. The lowest BCUT2D eigenvalue weighted by Gasteiger charge is -2.35. The summed E-state index contributed by atoms with van der Waals surface area (Å²) in [6.45, 7) is 2.25. The van der Waals surface area contributed by atoms with E-state index < -0.39 is 26.7 Å². The summed E-state index contributed by atoms with van der Waals surface area (Å²) < 4.78 is 65.4. The van der Waals surface area contributed by atoms with Crippen LogP contribution < -0.4 is 0 Å². The zero-order valence-corrected chi connectivity index (χ0v) is 17.8. The summed E-state index contributed by atoms with van der Waals surface area (Å²) in [5.74, 6) is -0.0973. The van der Waals surface area contributed by atoms with E-state index in [1.807, 2.05) is 30.3 Å². The second kappa shape index (κ2) is 8.99. The topological polar surface area (TPSA) is 57.7 Å². The van der Waals surface area contributed by atoms with E-state index in [4.69, 9.17) is 0 Å². The molecule has 1 amide bonds. The fraction of sp³-hybridized carbons (Fsp3) is 0.350. The molecule has 1 fully saturated rings. The number of rotatable bonds is 5. The van der Waals surface area contributed by atoms with Crippen molar-refractivity contribution in [1.82, 2.24) is 9.21 Å². The number of alkyl halides is 3. The van der Waals surface area contributed by atoms with E-state index >= 15 is 0 Å². The highest BCUT2D eigenvalue weighted by Gasteiger charge is 2.35. The molecular formula is C20H21F3N2O3S2. The first-order valence-electron chi connectivity index (χ1n) is 9.27. The van der Waals surface area contributed by atoms with Crippen LogP contribution in [0.3, 0.4) is 0 Å². The van der Waals surface area contributed by atoms with E-state index in [0.29, 0.717) is 6.07 Å². The highest BCUT2D eigenvalue weighted by Crippen LogP contribution is 2.31. The first-order chi connectivity index (χ1) is 14.1. The molecule has 0 aliphatic carbocycles. The van der Waals surface area contributed by atoms with Gasteiger partial charge in [0.25, 0.3) is 0 Å². The van der Waals surface area contributed by atoms with Gasteiger partial charge in [-0.2, -0.15) is 17.5 Å². The Bertz CT molecular complexity index is 990. The second-order valence-corrected chi connectivity index (χ2v) is 10.2. The average molecular weight is 459 g/mol. The van der Waals surface area contributed by atoms with Crippen LogP contribution in [0.1, 0.15) is 12.5 Å². The quantitative estimate of drug-likeness (QED) is 0.641. The summed E-state index contributed by atoms with van der Waals surface area (Å²) in [5, 5.41) is -0.334. The third-order valence-electron chi connectivity index (χ3n) is 4.75. The van der Waals surface area contributed by atoms with Gasteiger partial charge >= 0.3 is 6.18 Å². The largest absolute Gasteiger partial charge is 0.416 e. The molecule has 0 aromatic heterocycles. The molecule has 0 bridgehead atoms. The number of carbonyl (C=O) groups excluding carboxylic acids is 1. The van der Waals surface area contributed by atoms with Gasteiger partial charge in [-0.05, 0) is 37.3 Å². The van der Waals surface area contributed by atoms with Gasteiger partial charge in [0.05, 0.1) is 15.7 Å². The van der Waals surface area contributed by atoms with Crippen molar-refractivity contribution >= 4 is 27.7 Å². The minimum absolute atomic E-state index is 0.0348. The third-order valence-corrected chi connectivity index (χ3v) is 7.75. The van der Waals surface area contributed by atoms with Crippen LogP contribution in [-0.2, 0) is 21.0 Å². The van der Waals surface area contributed by atoms with Gasteiger partial charge in [0.2, 0.25) is 15.9 Å². The van der Waals surface area contributed by atoms with Gasteiger partial charge in [-0.25, -0.2) is 8.42 Å². The predicted molar refractivity (Wildman–Crippen MR) is 109 cm³/mol. The molecule has 1 aliphatic heterocycles. The molecule has 2 aromatic rings. The normalized spacial score (nSPS) is 17.0. The maximum atomic E-state index is 12.9. The van der Waals surface area contributed by atoms with Crippen LogP contribution >= 0.6 is 11.8 Å². The monoisotopic (exact) mass is 458 g/mol. The van der Waals surface area contributed by atoms with Crippen molar-refractivity contribution in [2.24, 2.45) is 0 Å². The van der Waals surface area contributed by atoms with Gasteiger partial charge in [0, 0.05) is 31.1 Å². The molecule has 3 rings (SSSR count). The van der Waals surface area contributed by atoms with E-state index in [1.165, 1.54) is 11.8 Å². The molecule has 1 aliphatic rings. The summed E-state index contributed by atoms with van der Waals surface area (Å²) in [6.07, 6.45) is -4.62. The number of benzene rings is 2. The number of amides is 1. The molecule has 10 heteroatoms. The van der Waals surface area contributed by atoms with Crippen molar-refractivity contribution in [3.05, 3.63) is 60.2 Å². The molecule has 162 valence electrons. The summed E-state index contributed by atoms with van der Waals surface area (Å²) in [5.41, 5.74) is -1.01. The van der Waals surface area contributed by atoms with Crippen LogP contribution in [0.2, 0.25) is 0 Å². The van der Waals surface area contributed by atoms with Gasteiger partial charge in [0.1, 0.15) is 0 Å². The fourth-order valence-corrected chi connectivity index (χ4v) is 5.58. The maximum Gasteiger partial charge on any atom is 0.416 e. The summed E-state index contributed by atoms with van der Waals surface area (Å²) in [7, 11) is -4.07. The van der Waals surface area contributed by atoms with Crippen LogP contribution in [0.4, 0.5) is 13.2 Å². The minimum atomic E-state index is -4.62. The van der Waals surface area contributed by atoms with Gasteiger partial charge in [0.15, 0.2) is 0 Å². The molecule has 5 nitrogen and oxygen atoms in total. The summed E-state index contributed by atoms with van der Waals surface area (Å²) in [4.78, 5) is 14.9. The number of halogens is 3. The van der Waals surface area contributed by atoms with Crippen LogP contribution in [0, 0.1) is 0 Å². The Hall–Kier alpha value is -2.04. The first kappa shape index (κ1) is 22.6. The number of hydrogen-bond donors (Lipinski definition) is 0. The summed E-state index contributed by atoms with van der Waals surface area (Å²) >= 11 is 1.42. The Morgan fingerprint density at radius 2 is 1.63 bits per heavy atom. The van der Waals surface area contributed by atoms with E-state index in [0.717, 1.165) is 27.4 Å². The Labute approximate surface area is 177 Å². The predicted octanol–water partition coefficient (Wildman–Crippen LogP) is 3.72. The molecular weight excluding hydrogens is 437 g/mol. The molecule has 0 spiro atoms. The van der Waals surface area contributed by atoms with E-state index in [2.05, 4.69) is 0 Å². The van der Waals surface area contributed by atoms with Crippen molar-refractivity contribution in [2.45, 2.75) is 28.1 Å². The number of nitrogens with zero attached hydrogens (tertiary/aromatic N) is 2. The lowest BCUT2D eigenvalue weighted by molar-refractivity contribution is -0.137. The number of sulfonamides is 1. The molecule has 1 unspecified atom stereocenters. The fourth-order valence-electron chi connectivity index (χ4n) is 3.14. The van der Waals surface area contributed by atoms with Crippen LogP contribution in [0.15, 0.2) is 64.4 Å². The highest BCUT2D eigenvalue weighted by molar-refractivity contribution is 8.00. The molecule has 0 N–H and O–H groups in total. The van der Waals surface area contributed by atoms with Crippen LogP contribution in [0.5, 0.6) is 0 Å². The second-order valence-electron chi connectivity index (χ2n) is 6.83. The minimum Gasteiger partial charge on any atom is -0.339 e. The lowest BCUT2D eigenvalue weighted by atomic mass is 10.2. The van der Waals surface area contributed by atoms with Gasteiger partial charge in [-0.1, -0.05) is 24.3 Å². The number of hydrogen-bond acceptors (Lipinski definition) is 4. The maximum absolute atomic E-state index is 12.9. The smallest absolute Gasteiger partial charge is 0.339 e. The highest BCUT2D eigenvalue weighted by atomic mass is 32.2. The van der Waals surface area contributed by atoms with E-state index in [-0.39, 0.29) is 37.3 Å². The molecule has 1 heterocycles. The standard InChI is InChI=1S/C20H21F3N2O3S2/c1-15(29-17-7-3-2-4-8-17)19(26)24-10-12-25(13-11-24)30(27,28)18-9-5-6-16(14-18)20(21,22)23/h2-9,14-15H,10-13H2,1H3. The molecule has 1 saturated heterocycles. The first-order valence-corrected chi connectivity index (χ1v) is 11.6.